The number of fused-ring (bicyclic) bond motifs is 2. The van der Waals surface area contributed by atoms with E-state index in [-0.39, 0.29) is 12.0 Å². The number of carbonyl (C=O) groups is 2. The molecule has 28 heavy (non-hydrogen) atoms. The van der Waals surface area contributed by atoms with Gasteiger partial charge in [0.1, 0.15) is 11.3 Å². The largest absolute Gasteiger partial charge is 0.444 e. The van der Waals surface area contributed by atoms with Crippen LogP contribution < -0.4 is 5.32 Å². The van der Waals surface area contributed by atoms with E-state index in [1.807, 2.05) is 51.1 Å². The third kappa shape index (κ3) is 3.58. The first-order valence-corrected chi connectivity index (χ1v) is 9.23. The van der Waals surface area contributed by atoms with Gasteiger partial charge < -0.3 is 19.9 Å². The molecule has 0 spiro atoms. The van der Waals surface area contributed by atoms with E-state index in [1.54, 1.807) is 4.90 Å². The first-order chi connectivity index (χ1) is 13.3. The smallest absolute Gasteiger partial charge is 0.410 e. The fourth-order valence-corrected chi connectivity index (χ4v) is 3.27. The molecule has 0 bridgehead atoms. The molecule has 0 saturated heterocycles. The molecule has 3 aromatic rings. The van der Waals surface area contributed by atoms with Gasteiger partial charge in [-0.1, -0.05) is 18.2 Å². The van der Waals surface area contributed by atoms with Crippen LogP contribution in [-0.2, 0) is 17.7 Å². The molecule has 2 amide bonds. The number of hydrogen-bond donors (Lipinski definition) is 3. The molecule has 3 N–H and O–H groups in total. The number of anilines is 1. The zero-order valence-electron chi connectivity index (χ0n) is 16.1. The molecule has 2 aromatic heterocycles. The second-order valence-corrected chi connectivity index (χ2v) is 7.91. The summed E-state index contributed by atoms with van der Waals surface area (Å²) in [5, 5.41) is 11.0. The molecule has 1 aliphatic heterocycles. The van der Waals surface area contributed by atoms with Crippen LogP contribution >= 0.6 is 0 Å². The van der Waals surface area contributed by atoms with Crippen LogP contribution in [0.15, 0.2) is 30.3 Å². The lowest BCUT2D eigenvalue weighted by Gasteiger charge is -2.29. The van der Waals surface area contributed by atoms with E-state index in [0.717, 1.165) is 22.2 Å². The fourth-order valence-electron chi connectivity index (χ4n) is 3.27. The highest BCUT2D eigenvalue weighted by atomic mass is 16.6. The Morgan fingerprint density at radius 3 is 2.79 bits per heavy atom. The summed E-state index contributed by atoms with van der Waals surface area (Å²) < 4.78 is 5.43. The second-order valence-electron chi connectivity index (χ2n) is 7.91. The van der Waals surface area contributed by atoms with E-state index in [9.17, 15) is 9.59 Å². The van der Waals surface area contributed by atoms with Gasteiger partial charge in [-0.05, 0) is 39.3 Å². The van der Waals surface area contributed by atoms with Gasteiger partial charge in [0.2, 0.25) is 0 Å². The van der Waals surface area contributed by atoms with Gasteiger partial charge in [-0.15, -0.1) is 0 Å². The van der Waals surface area contributed by atoms with Crippen LogP contribution in [0.5, 0.6) is 0 Å². The third-order valence-electron chi connectivity index (χ3n) is 4.59. The summed E-state index contributed by atoms with van der Waals surface area (Å²) in [6.45, 7) is 6.41. The number of amides is 2. The number of carbonyl (C=O) groups excluding carboxylic acids is 2. The number of aromatic amines is 2. The molecule has 0 fully saturated rings. The van der Waals surface area contributed by atoms with Gasteiger partial charge in [0.25, 0.3) is 5.91 Å². The Labute approximate surface area is 162 Å². The van der Waals surface area contributed by atoms with E-state index >= 15 is 0 Å². The van der Waals surface area contributed by atoms with Crippen LogP contribution in [0.1, 0.15) is 42.5 Å². The molecule has 0 unspecified atom stereocenters. The standard InChI is InChI=1S/C20H23N5O3/c1-20(2,3)28-19(27)25-9-8-13-16(11-25)23-24-17(13)22-18(26)15-10-12-6-4-5-7-14(12)21-15/h4-7,10,21H,8-9,11H2,1-3H3,(H2,22,23,24,26). The maximum absolute atomic E-state index is 12.6. The summed E-state index contributed by atoms with van der Waals surface area (Å²) in [6, 6.07) is 9.53. The number of para-hydroxylation sites is 1. The zero-order valence-corrected chi connectivity index (χ0v) is 16.1. The predicted octanol–water partition coefficient (Wildman–Crippen LogP) is 3.44. The fraction of sp³-hybridized carbons (Fsp3) is 0.350. The van der Waals surface area contributed by atoms with Gasteiger partial charge in [-0.2, -0.15) is 5.10 Å². The van der Waals surface area contributed by atoms with Crippen molar-refractivity contribution in [2.24, 2.45) is 0 Å². The first-order valence-electron chi connectivity index (χ1n) is 9.23. The lowest BCUT2D eigenvalue weighted by atomic mass is 10.1. The molecule has 0 atom stereocenters. The highest BCUT2D eigenvalue weighted by Gasteiger charge is 2.29. The third-order valence-corrected chi connectivity index (χ3v) is 4.59. The number of nitrogens with one attached hydrogen (secondary N) is 3. The normalized spacial score (nSPS) is 14.0. The summed E-state index contributed by atoms with van der Waals surface area (Å²) in [4.78, 5) is 29.6. The monoisotopic (exact) mass is 381 g/mol. The second kappa shape index (κ2) is 6.70. The minimum absolute atomic E-state index is 0.250. The Morgan fingerprint density at radius 2 is 2.04 bits per heavy atom. The Kier molecular flexibility index (Phi) is 4.33. The SMILES string of the molecule is CC(C)(C)OC(=O)N1CCc2c(NC(=O)c3cc4ccccc4[nH]3)n[nH]c2C1. The topological polar surface area (TPSA) is 103 Å². The average Bonchev–Trinajstić information content (AvgIpc) is 3.24. The van der Waals surface area contributed by atoms with Crippen LogP contribution in [0.3, 0.4) is 0 Å². The molecule has 8 nitrogen and oxygen atoms in total. The molecule has 8 heteroatoms. The van der Waals surface area contributed by atoms with Crippen LogP contribution in [0.4, 0.5) is 10.6 Å². The lowest BCUT2D eigenvalue weighted by Crippen LogP contribution is -2.39. The van der Waals surface area contributed by atoms with Crippen molar-refractivity contribution >= 4 is 28.7 Å². The highest BCUT2D eigenvalue weighted by molar-refractivity contribution is 6.05. The van der Waals surface area contributed by atoms with Crippen molar-refractivity contribution < 1.29 is 14.3 Å². The predicted molar refractivity (Wildman–Crippen MR) is 105 cm³/mol. The number of benzene rings is 1. The minimum atomic E-state index is -0.538. The van der Waals surface area contributed by atoms with Crippen molar-refractivity contribution in [3.63, 3.8) is 0 Å². The number of rotatable bonds is 2. The Bertz CT molecular complexity index is 1010. The number of nitrogens with zero attached hydrogens (tertiary/aromatic N) is 2. The van der Waals surface area contributed by atoms with E-state index in [2.05, 4.69) is 20.5 Å². The summed E-state index contributed by atoms with van der Waals surface area (Å²) in [5.41, 5.74) is 2.58. The molecule has 146 valence electrons. The van der Waals surface area contributed by atoms with E-state index in [1.165, 1.54) is 0 Å². The number of hydrogen-bond acceptors (Lipinski definition) is 4. The van der Waals surface area contributed by atoms with E-state index < -0.39 is 5.60 Å². The Hall–Kier alpha value is -3.29. The van der Waals surface area contributed by atoms with Crippen molar-refractivity contribution in [2.45, 2.75) is 39.3 Å². The molecular weight excluding hydrogens is 358 g/mol. The van der Waals surface area contributed by atoms with Gasteiger partial charge in [0.15, 0.2) is 5.82 Å². The van der Waals surface area contributed by atoms with E-state index in [0.29, 0.717) is 31.0 Å². The number of H-pyrrole nitrogens is 2. The first kappa shape index (κ1) is 18.1. The molecule has 1 aliphatic rings. The maximum atomic E-state index is 12.6. The van der Waals surface area contributed by atoms with Crippen molar-refractivity contribution in [3.8, 4) is 0 Å². The van der Waals surface area contributed by atoms with Gasteiger partial charge in [0.05, 0.1) is 12.2 Å². The highest BCUT2D eigenvalue weighted by Crippen LogP contribution is 2.25. The average molecular weight is 381 g/mol. The van der Waals surface area contributed by atoms with E-state index in [4.69, 9.17) is 4.74 Å². The van der Waals surface area contributed by atoms with Crippen LogP contribution in [0.2, 0.25) is 0 Å². The van der Waals surface area contributed by atoms with Crippen LogP contribution in [0.25, 0.3) is 10.9 Å². The lowest BCUT2D eigenvalue weighted by molar-refractivity contribution is 0.0221. The maximum Gasteiger partial charge on any atom is 0.410 e. The molecule has 0 aliphatic carbocycles. The summed E-state index contributed by atoms with van der Waals surface area (Å²) in [5.74, 6) is 0.252. The van der Waals surface area contributed by atoms with Crippen LogP contribution in [-0.4, -0.2) is 44.2 Å². The molecule has 4 rings (SSSR count). The van der Waals surface area contributed by atoms with Gasteiger partial charge in [0, 0.05) is 23.0 Å². The zero-order chi connectivity index (χ0) is 19.9. The molecule has 3 heterocycles. The quantitative estimate of drug-likeness (QED) is 0.633. The minimum Gasteiger partial charge on any atom is -0.444 e. The molecular formula is C20H23N5O3. The van der Waals surface area contributed by atoms with Crippen LogP contribution in [0, 0.1) is 0 Å². The summed E-state index contributed by atoms with van der Waals surface area (Å²) >= 11 is 0. The summed E-state index contributed by atoms with van der Waals surface area (Å²) in [6.07, 6.45) is 0.240. The van der Waals surface area contributed by atoms with Crippen molar-refractivity contribution in [1.82, 2.24) is 20.1 Å². The number of aromatic nitrogens is 3. The van der Waals surface area contributed by atoms with Gasteiger partial charge in [-0.25, -0.2) is 4.79 Å². The number of ether oxygens (including phenoxy) is 1. The van der Waals surface area contributed by atoms with Crippen molar-refractivity contribution in [2.75, 3.05) is 11.9 Å². The van der Waals surface area contributed by atoms with Gasteiger partial charge >= 0.3 is 6.09 Å². The molecule has 1 aromatic carbocycles. The van der Waals surface area contributed by atoms with Gasteiger partial charge in [-0.3, -0.25) is 9.89 Å². The summed E-state index contributed by atoms with van der Waals surface area (Å²) in [7, 11) is 0. The Balaban J connectivity index is 1.47. The molecule has 0 radical (unpaired) electrons. The molecule has 0 saturated carbocycles. The Morgan fingerprint density at radius 1 is 1.25 bits per heavy atom. The van der Waals surface area contributed by atoms with Crippen molar-refractivity contribution in [3.05, 3.63) is 47.3 Å². The van der Waals surface area contributed by atoms with Crippen molar-refractivity contribution in [1.29, 1.82) is 0 Å².